The Hall–Kier alpha value is 0.0800. The second kappa shape index (κ2) is 5.74. The Bertz CT molecular complexity index is 170. The Morgan fingerprint density at radius 3 is 2.62 bits per heavy atom. The van der Waals surface area contributed by atoms with Crippen LogP contribution in [0.15, 0.2) is 0 Å². The van der Waals surface area contributed by atoms with Crippen LogP contribution in [0.3, 0.4) is 0 Å². The van der Waals surface area contributed by atoms with Gasteiger partial charge in [0.05, 0.1) is 6.42 Å². The zero-order chi connectivity index (χ0) is 9.68. The highest BCUT2D eigenvalue weighted by Crippen LogP contribution is 2.15. The second-order valence-electron chi connectivity index (χ2n) is 3.04. The van der Waals surface area contributed by atoms with Gasteiger partial charge in [-0.05, 0) is 31.8 Å². The maximum atomic E-state index is 10.9. The molecule has 1 rings (SSSR count). The fourth-order valence-electron chi connectivity index (χ4n) is 1.42. The first-order valence-corrected chi connectivity index (χ1v) is 6.80. The standard InChI is InChI=1S/C7H12INO4/c10-7(13-8(11)12)5-6-1-3-9-4-2-6/h6,9H,1-5H2. The third-order valence-corrected chi connectivity index (χ3v) is 2.91. The van der Waals surface area contributed by atoms with Crippen LogP contribution < -0.4 is 33.3 Å². The van der Waals surface area contributed by atoms with Gasteiger partial charge in [-0.3, -0.25) is 0 Å². The zero-order valence-electron chi connectivity index (χ0n) is 7.12. The van der Waals surface area contributed by atoms with E-state index in [0.717, 1.165) is 25.9 Å². The van der Waals surface area contributed by atoms with E-state index in [4.69, 9.17) is 0 Å². The van der Waals surface area contributed by atoms with Crippen molar-refractivity contribution in [3.8, 4) is 0 Å². The summed E-state index contributed by atoms with van der Waals surface area (Å²) in [6.07, 6.45) is 2.07. The lowest BCUT2D eigenvalue weighted by Gasteiger charge is -2.20. The summed E-state index contributed by atoms with van der Waals surface area (Å²) in [6.45, 7) is 1.80. The Kier molecular flexibility index (Phi) is 4.92. The molecule has 0 unspecified atom stereocenters. The van der Waals surface area contributed by atoms with E-state index in [0.29, 0.717) is 0 Å². The monoisotopic (exact) mass is 301 g/mol. The summed E-state index contributed by atoms with van der Waals surface area (Å²) < 4.78 is 24.4. The molecule has 0 spiro atoms. The predicted molar refractivity (Wildman–Crippen MR) is 36.3 cm³/mol. The molecule has 0 saturated carbocycles. The van der Waals surface area contributed by atoms with Gasteiger partial charge in [-0.1, -0.05) is 0 Å². The summed E-state index contributed by atoms with van der Waals surface area (Å²) in [4.78, 5) is 10.9. The fraction of sp³-hybridized carbons (Fsp3) is 0.857. The van der Waals surface area contributed by atoms with Crippen LogP contribution in [0.25, 0.3) is 0 Å². The number of hydrogen-bond acceptors (Lipinski definition) is 5. The molecule has 1 N–H and O–H groups in total. The molecule has 0 radical (unpaired) electrons. The van der Waals surface area contributed by atoms with E-state index in [2.05, 4.69) is 8.38 Å². The normalized spacial score (nSPS) is 19.0. The minimum Gasteiger partial charge on any atom is -0.385 e. The SMILES string of the molecule is O=C(CC1CCNCC1)O[I+2]([O-])[O-]. The topological polar surface area (TPSA) is 84.5 Å². The molecule has 1 aliphatic heterocycles. The third-order valence-electron chi connectivity index (χ3n) is 2.06. The zero-order valence-corrected chi connectivity index (χ0v) is 9.28. The van der Waals surface area contributed by atoms with Crippen LogP contribution in [0.2, 0.25) is 0 Å². The first-order chi connectivity index (χ1) is 6.18. The highest BCUT2D eigenvalue weighted by atomic mass is 127. The minimum absolute atomic E-state index is 0.236. The number of nitrogens with one attached hydrogen (secondary N) is 1. The number of hydrogen-bond donors (Lipinski definition) is 1. The van der Waals surface area contributed by atoms with Gasteiger partial charge in [0.1, 0.15) is 0 Å². The summed E-state index contributed by atoms with van der Waals surface area (Å²) in [5.41, 5.74) is 0. The third kappa shape index (κ3) is 4.75. The van der Waals surface area contributed by atoms with Gasteiger partial charge >= 0.3 is 27.0 Å². The van der Waals surface area contributed by atoms with Crippen LogP contribution in [-0.2, 0) is 7.86 Å². The van der Waals surface area contributed by atoms with Crippen molar-refractivity contribution in [2.75, 3.05) is 13.1 Å². The number of halogens is 1. The first kappa shape index (κ1) is 11.2. The molecule has 1 saturated heterocycles. The van der Waals surface area contributed by atoms with E-state index in [1.807, 2.05) is 0 Å². The van der Waals surface area contributed by atoms with E-state index >= 15 is 0 Å². The summed E-state index contributed by atoms with van der Waals surface area (Å²) >= 11 is -3.82. The van der Waals surface area contributed by atoms with Gasteiger partial charge in [-0.15, -0.1) is 3.07 Å². The smallest absolute Gasteiger partial charge is 0.385 e. The highest BCUT2D eigenvalue weighted by Gasteiger charge is 2.25. The van der Waals surface area contributed by atoms with Crippen molar-refractivity contribution in [3.63, 3.8) is 0 Å². The molecular formula is C7H12INO4. The summed E-state index contributed by atoms with van der Waals surface area (Å²) in [6, 6.07) is 0. The molecule has 0 amide bonds. The molecule has 0 aromatic heterocycles. The van der Waals surface area contributed by atoms with Crippen molar-refractivity contribution in [2.45, 2.75) is 19.3 Å². The Labute approximate surface area is 85.5 Å². The predicted octanol–water partition coefficient (Wildman–Crippen LogP) is -4.99. The number of piperidine rings is 1. The summed E-state index contributed by atoms with van der Waals surface area (Å²) in [7, 11) is 0. The van der Waals surface area contributed by atoms with E-state index in [9.17, 15) is 11.7 Å². The largest absolute Gasteiger partial charge is 0.574 e. The molecule has 5 nitrogen and oxygen atoms in total. The molecule has 13 heavy (non-hydrogen) atoms. The second-order valence-corrected chi connectivity index (χ2v) is 4.55. The Balaban J connectivity index is 2.18. The van der Waals surface area contributed by atoms with Gasteiger partial charge in [-0.25, -0.2) is 4.79 Å². The first-order valence-electron chi connectivity index (χ1n) is 4.16. The lowest BCUT2D eigenvalue weighted by atomic mass is 9.95. The van der Waals surface area contributed by atoms with E-state index < -0.39 is 27.0 Å². The average Bonchev–Trinajstić information content (AvgIpc) is 2.04. The molecule has 76 valence electrons. The Morgan fingerprint density at radius 2 is 2.08 bits per heavy atom. The molecule has 6 heteroatoms. The quantitative estimate of drug-likeness (QED) is 0.528. The van der Waals surface area contributed by atoms with Crippen LogP contribution in [0.1, 0.15) is 19.3 Å². The van der Waals surface area contributed by atoms with Crippen LogP contribution in [0.5, 0.6) is 0 Å². The summed E-state index contributed by atoms with van der Waals surface area (Å²) in [5.74, 6) is -0.313. The van der Waals surface area contributed by atoms with Crippen molar-refractivity contribution < 1.29 is 35.8 Å². The number of rotatable bonds is 3. The summed E-state index contributed by atoms with van der Waals surface area (Å²) in [5, 5.41) is 3.16. The van der Waals surface area contributed by atoms with Crippen molar-refractivity contribution in [2.24, 2.45) is 5.92 Å². The van der Waals surface area contributed by atoms with E-state index in [1.165, 1.54) is 0 Å². The minimum atomic E-state index is -3.82. The van der Waals surface area contributed by atoms with Gasteiger partial charge in [0.15, 0.2) is 0 Å². The van der Waals surface area contributed by atoms with E-state index in [1.54, 1.807) is 0 Å². The number of carbonyl (C=O) groups is 1. The molecule has 0 aromatic carbocycles. The Morgan fingerprint density at radius 1 is 1.46 bits per heavy atom. The molecule has 0 aliphatic carbocycles. The van der Waals surface area contributed by atoms with Gasteiger partial charge in [0, 0.05) is 0 Å². The molecule has 0 bridgehead atoms. The van der Waals surface area contributed by atoms with Crippen molar-refractivity contribution in [3.05, 3.63) is 0 Å². The van der Waals surface area contributed by atoms with Gasteiger partial charge in [0.25, 0.3) is 0 Å². The van der Waals surface area contributed by atoms with Crippen LogP contribution in [0.4, 0.5) is 0 Å². The van der Waals surface area contributed by atoms with Crippen molar-refractivity contribution in [1.29, 1.82) is 0 Å². The van der Waals surface area contributed by atoms with Crippen molar-refractivity contribution in [1.82, 2.24) is 5.32 Å². The average molecular weight is 301 g/mol. The van der Waals surface area contributed by atoms with Crippen LogP contribution >= 0.6 is 0 Å². The van der Waals surface area contributed by atoms with Gasteiger partial charge < -0.3 is 12.2 Å². The lowest BCUT2D eigenvalue weighted by molar-refractivity contribution is -1.62. The molecule has 0 aromatic rings. The molecular weight excluding hydrogens is 289 g/mol. The maximum Gasteiger partial charge on any atom is 0.574 e. The van der Waals surface area contributed by atoms with E-state index in [-0.39, 0.29) is 12.3 Å². The fourth-order valence-corrected chi connectivity index (χ4v) is 2.00. The number of carbonyl (C=O) groups excluding carboxylic acids is 1. The van der Waals surface area contributed by atoms with Crippen LogP contribution in [-0.4, -0.2) is 19.1 Å². The van der Waals surface area contributed by atoms with Crippen LogP contribution in [0, 0.1) is 5.92 Å². The highest BCUT2D eigenvalue weighted by molar-refractivity contribution is 5.68. The van der Waals surface area contributed by atoms with Gasteiger partial charge in [-0.2, -0.15) is 0 Å². The molecule has 1 heterocycles. The lowest BCUT2D eigenvalue weighted by Crippen LogP contribution is -3.99. The maximum absolute atomic E-state index is 10.9. The molecule has 1 aliphatic rings. The molecule has 1 fully saturated rings. The van der Waals surface area contributed by atoms with Crippen molar-refractivity contribution >= 4 is 5.97 Å². The molecule has 0 atom stereocenters. The van der Waals surface area contributed by atoms with Gasteiger partial charge in [0.2, 0.25) is 0 Å².